The van der Waals surface area contributed by atoms with E-state index in [-0.39, 0.29) is 0 Å². The maximum atomic E-state index is 10.4. The molecule has 0 aliphatic rings. The molecule has 2 aromatic carbocycles. The third kappa shape index (κ3) is 2.38. The van der Waals surface area contributed by atoms with Crippen molar-refractivity contribution in [1.82, 2.24) is 0 Å². The summed E-state index contributed by atoms with van der Waals surface area (Å²) in [6.07, 6.45) is 0.963. The summed E-state index contributed by atoms with van der Waals surface area (Å²) in [6.45, 7) is 1.86. The molecule has 100 valence electrons. The molecule has 0 fully saturated rings. The molecular weight excluding hydrogens is 248 g/mol. The zero-order valence-corrected chi connectivity index (χ0v) is 11.3. The van der Waals surface area contributed by atoms with Gasteiger partial charge in [-0.25, -0.2) is 0 Å². The Bertz CT molecular complexity index is 681. The Kier molecular flexibility index (Phi) is 3.40. The van der Waals surface area contributed by atoms with Crippen LogP contribution in [0.15, 0.2) is 71.3 Å². The average Bonchev–Trinajstić information content (AvgIpc) is 2.94. The zero-order chi connectivity index (χ0) is 13.9. The first kappa shape index (κ1) is 12.7. The van der Waals surface area contributed by atoms with E-state index < -0.39 is 6.10 Å². The van der Waals surface area contributed by atoms with E-state index in [1.54, 1.807) is 6.26 Å². The number of aryl methyl sites for hydroxylation is 1. The molecule has 0 aliphatic carbocycles. The Hall–Kier alpha value is -2.32. The van der Waals surface area contributed by atoms with Crippen LogP contribution in [0, 0.1) is 6.92 Å². The number of rotatable bonds is 3. The summed E-state index contributed by atoms with van der Waals surface area (Å²) in [5, 5.41) is 10.4. The number of aliphatic hydroxyl groups excluding tert-OH is 1. The Labute approximate surface area is 118 Å². The molecule has 3 aromatic rings. The van der Waals surface area contributed by atoms with E-state index in [1.165, 1.54) is 5.56 Å². The van der Waals surface area contributed by atoms with Gasteiger partial charge in [-0.05, 0) is 29.7 Å². The molecule has 2 heteroatoms. The Balaban J connectivity index is 1.89. The third-order valence-electron chi connectivity index (χ3n) is 3.53. The molecule has 1 unspecified atom stereocenters. The van der Waals surface area contributed by atoms with Crippen molar-refractivity contribution in [2.75, 3.05) is 0 Å². The smallest absolute Gasteiger partial charge is 0.107 e. The fourth-order valence-corrected chi connectivity index (χ4v) is 2.35. The normalized spacial score (nSPS) is 12.3. The van der Waals surface area contributed by atoms with Crippen LogP contribution in [-0.2, 0) is 0 Å². The molecule has 0 radical (unpaired) electrons. The summed E-state index contributed by atoms with van der Waals surface area (Å²) in [6, 6.07) is 20.0. The van der Waals surface area contributed by atoms with Gasteiger partial charge < -0.3 is 9.52 Å². The topological polar surface area (TPSA) is 33.4 Å². The monoisotopic (exact) mass is 264 g/mol. The van der Waals surface area contributed by atoms with Crippen LogP contribution in [-0.4, -0.2) is 5.11 Å². The van der Waals surface area contributed by atoms with Gasteiger partial charge >= 0.3 is 0 Å². The lowest BCUT2D eigenvalue weighted by Gasteiger charge is -2.11. The average molecular weight is 264 g/mol. The molecule has 0 saturated heterocycles. The maximum Gasteiger partial charge on any atom is 0.107 e. The second-order valence-corrected chi connectivity index (χ2v) is 4.82. The van der Waals surface area contributed by atoms with E-state index in [9.17, 15) is 5.11 Å². The van der Waals surface area contributed by atoms with Crippen molar-refractivity contribution in [3.8, 4) is 11.1 Å². The molecular formula is C18H16O2. The lowest BCUT2D eigenvalue weighted by Crippen LogP contribution is -1.99. The predicted molar refractivity (Wildman–Crippen MR) is 79.4 cm³/mol. The lowest BCUT2D eigenvalue weighted by molar-refractivity contribution is 0.218. The quantitative estimate of drug-likeness (QED) is 0.763. The van der Waals surface area contributed by atoms with Crippen molar-refractivity contribution in [3.05, 3.63) is 83.8 Å². The van der Waals surface area contributed by atoms with E-state index in [0.717, 1.165) is 22.5 Å². The van der Waals surface area contributed by atoms with Gasteiger partial charge in [-0.15, -0.1) is 0 Å². The standard InChI is InChI=1S/C18H16O2/c1-13-17(11-12-20-13)18(19)16-9-7-15(8-10-16)14-5-3-2-4-6-14/h2-12,18-19H,1H3. The number of hydrogen-bond acceptors (Lipinski definition) is 2. The van der Waals surface area contributed by atoms with Gasteiger partial charge in [-0.3, -0.25) is 0 Å². The summed E-state index contributed by atoms with van der Waals surface area (Å²) >= 11 is 0. The Morgan fingerprint density at radius 1 is 0.850 bits per heavy atom. The molecule has 20 heavy (non-hydrogen) atoms. The van der Waals surface area contributed by atoms with Crippen molar-refractivity contribution in [3.63, 3.8) is 0 Å². The number of furan rings is 1. The van der Waals surface area contributed by atoms with Crippen molar-refractivity contribution < 1.29 is 9.52 Å². The van der Waals surface area contributed by atoms with E-state index in [1.807, 2.05) is 55.5 Å². The first-order valence-electron chi connectivity index (χ1n) is 6.63. The Morgan fingerprint density at radius 3 is 2.10 bits per heavy atom. The first-order chi connectivity index (χ1) is 9.75. The zero-order valence-electron chi connectivity index (χ0n) is 11.3. The molecule has 1 heterocycles. The van der Waals surface area contributed by atoms with Gasteiger partial charge in [0.15, 0.2) is 0 Å². The van der Waals surface area contributed by atoms with Crippen LogP contribution < -0.4 is 0 Å². The van der Waals surface area contributed by atoms with E-state index in [2.05, 4.69) is 12.1 Å². The SMILES string of the molecule is Cc1occc1C(O)c1ccc(-c2ccccc2)cc1. The molecule has 0 aliphatic heterocycles. The molecule has 0 bridgehead atoms. The minimum Gasteiger partial charge on any atom is -0.469 e. The number of benzene rings is 2. The van der Waals surface area contributed by atoms with Crippen LogP contribution in [0.2, 0.25) is 0 Å². The molecule has 3 rings (SSSR count). The highest BCUT2D eigenvalue weighted by atomic mass is 16.3. The second kappa shape index (κ2) is 5.35. The van der Waals surface area contributed by atoms with E-state index in [0.29, 0.717) is 0 Å². The number of hydrogen-bond donors (Lipinski definition) is 1. The molecule has 0 amide bonds. The van der Waals surface area contributed by atoms with E-state index >= 15 is 0 Å². The summed E-state index contributed by atoms with van der Waals surface area (Å²) in [5.41, 5.74) is 4.00. The van der Waals surface area contributed by atoms with Crippen LogP contribution in [0.3, 0.4) is 0 Å². The van der Waals surface area contributed by atoms with Gasteiger partial charge in [0, 0.05) is 5.56 Å². The molecule has 2 nitrogen and oxygen atoms in total. The third-order valence-corrected chi connectivity index (χ3v) is 3.53. The fraction of sp³-hybridized carbons (Fsp3) is 0.111. The summed E-state index contributed by atoms with van der Waals surface area (Å²) in [4.78, 5) is 0. The lowest BCUT2D eigenvalue weighted by atomic mass is 9.98. The highest BCUT2D eigenvalue weighted by Gasteiger charge is 2.14. The van der Waals surface area contributed by atoms with E-state index in [4.69, 9.17) is 4.42 Å². The van der Waals surface area contributed by atoms with Gasteiger partial charge in [0.2, 0.25) is 0 Å². The fourth-order valence-electron chi connectivity index (χ4n) is 2.35. The largest absolute Gasteiger partial charge is 0.469 e. The first-order valence-corrected chi connectivity index (χ1v) is 6.63. The minimum atomic E-state index is -0.640. The summed E-state index contributed by atoms with van der Waals surface area (Å²) in [5.74, 6) is 0.754. The predicted octanol–water partition coefficient (Wildman–Crippen LogP) is 4.34. The summed E-state index contributed by atoms with van der Waals surface area (Å²) < 4.78 is 5.24. The van der Waals surface area contributed by atoms with Crippen molar-refractivity contribution in [2.24, 2.45) is 0 Å². The van der Waals surface area contributed by atoms with Crippen LogP contribution >= 0.6 is 0 Å². The maximum absolute atomic E-state index is 10.4. The highest BCUT2D eigenvalue weighted by Crippen LogP contribution is 2.27. The molecule has 0 spiro atoms. The van der Waals surface area contributed by atoms with Gasteiger partial charge in [0.25, 0.3) is 0 Å². The molecule has 1 aromatic heterocycles. The van der Waals surface area contributed by atoms with Gasteiger partial charge in [-0.2, -0.15) is 0 Å². The summed E-state index contributed by atoms with van der Waals surface area (Å²) in [7, 11) is 0. The van der Waals surface area contributed by atoms with Crippen molar-refractivity contribution in [1.29, 1.82) is 0 Å². The van der Waals surface area contributed by atoms with Crippen LogP contribution in [0.1, 0.15) is 23.0 Å². The number of aliphatic hydroxyl groups is 1. The second-order valence-electron chi connectivity index (χ2n) is 4.82. The molecule has 1 N–H and O–H groups in total. The highest BCUT2D eigenvalue weighted by molar-refractivity contribution is 5.63. The molecule has 1 atom stereocenters. The molecule has 0 saturated carbocycles. The van der Waals surface area contributed by atoms with Crippen LogP contribution in [0.5, 0.6) is 0 Å². The van der Waals surface area contributed by atoms with Crippen molar-refractivity contribution in [2.45, 2.75) is 13.0 Å². The van der Waals surface area contributed by atoms with Crippen molar-refractivity contribution >= 4 is 0 Å². The van der Waals surface area contributed by atoms with Gasteiger partial charge in [-0.1, -0.05) is 54.6 Å². The van der Waals surface area contributed by atoms with Gasteiger partial charge in [0.1, 0.15) is 11.9 Å². The minimum absolute atomic E-state index is 0.640. The van der Waals surface area contributed by atoms with Crippen LogP contribution in [0.4, 0.5) is 0 Å². The van der Waals surface area contributed by atoms with Crippen LogP contribution in [0.25, 0.3) is 11.1 Å². The Morgan fingerprint density at radius 2 is 1.50 bits per heavy atom. The van der Waals surface area contributed by atoms with Gasteiger partial charge in [0.05, 0.1) is 6.26 Å².